The standard InChI is InChI=1S/C22H20F3N5/c1-13(19-12-28-30(14(19)2)21-7-6-18(24)9-20(21)25)26-10-16-11-27-29-22(16)15-4-3-5-17(23)8-15/h3-9,11-13,26H,10H2,1-2H3,(H,27,29)/t13-/m1/s1. The van der Waals surface area contributed by atoms with Gasteiger partial charge in [-0.1, -0.05) is 12.1 Å². The van der Waals surface area contributed by atoms with Gasteiger partial charge < -0.3 is 5.32 Å². The summed E-state index contributed by atoms with van der Waals surface area (Å²) in [5, 5.41) is 14.7. The molecule has 0 saturated carbocycles. The molecule has 5 nitrogen and oxygen atoms in total. The number of benzene rings is 2. The molecule has 2 N–H and O–H groups in total. The van der Waals surface area contributed by atoms with Crippen molar-refractivity contribution in [3.8, 4) is 16.9 Å². The number of nitrogens with zero attached hydrogens (tertiary/aromatic N) is 3. The lowest BCUT2D eigenvalue weighted by Gasteiger charge is -2.14. The molecule has 0 saturated heterocycles. The zero-order valence-electron chi connectivity index (χ0n) is 16.5. The Hall–Kier alpha value is -3.39. The normalized spacial score (nSPS) is 12.3. The molecule has 4 aromatic rings. The molecule has 0 amide bonds. The summed E-state index contributed by atoms with van der Waals surface area (Å²) in [6.45, 7) is 4.29. The van der Waals surface area contributed by atoms with Crippen LogP contribution in [0.2, 0.25) is 0 Å². The Morgan fingerprint density at radius 2 is 1.87 bits per heavy atom. The topological polar surface area (TPSA) is 58.5 Å². The van der Waals surface area contributed by atoms with Crippen molar-refractivity contribution in [1.82, 2.24) is 25.3 Å². The van der Waals surface area contributed by atoms with Gasteiger partial charge in [0.1, 0.15) is 17.3 Å². The quantitative estimate of drug-likeness (QED) is 0.477. The van der Waals surface area contributed by atoms with Crippen LogP contribution >= 0.6 is 0 Å². The first-order valence-electron chi connectivity index (χ1n) is 9.45. The van der Waals surface area contributed by atoms with E-state index in [1.165, 1.54) is 28.9 Å². The van der Waals surface area contributed by atoms with E-state index in [1.807, 2.05) is 19.9 Å². The summed E-state index contributed by atoms with van der Waals surface area (Å²) in [4.78, 5) is 0. The van der Waals surface area contributed by atoms with Crippen LogP contribution in [0.25, 0.3) is 16.9 Å². The van der Waals surface area contributed by atoms with Crippen LogP contribution in [0.3, 0.4) is 0 Å². The van der Waals surface area contributed by atoms with Gasteiger partial charge in [0.15, 0.2) is 5.82 Å². The van der Waals surface area contributed by atoms with Gasteiger partial charge in [0.05, 0.1) is 18.1 Å². The van der Waals surface area contributed by atoms with Gasteiger partial charge in [-0.25, -0.2) is 17.9 Å². The van der Waals surface area contributed by atoms with Gasteiger partial charge in [-0.05, 0) is 38.1 Å². The lowest BCUT2D eigenvalue weighted by molar-refractivity contribution is 0.566. The predicted octanol–water partition coefficient (Wildman–Crippen LogP) is 4.84. The molecule has 8 heteroatoms. The van der Waals surface area contributed by atoms with Crippen LogP contribution in [0.5, 0.6) is 0 Å². The molecule has 4 rings (SSSR count). The van der Waals surface area contributed by atoms with Gasteiger partial charge in [-0.15, -0.1) is 0 Å². The Morgan fingerprint density at radius 1 is 1.07 bits per heavy atom. The largest absolute Gasteiger partial charge is 0.306 e. The number of hydrogen-bond acceptors (Lipinski definition) is 3. The Kier molecular flexibility index (Phi) is 5.41. The molecule has 1 atom stereocenters. The zero-order chi connectivity index (χ0) is 21.3. The van der Waals surface area contributed by atoms with Gasteiger partial charge in [0, 0.05) is 41.0 Å². The third-order valence-electron chi connectivity index (χ3n) is 5.08. The van der Waals surface area contributed by atoms with Crippen LogP contribution in [0.4, 0.5) is 13.2 Å². The molecule has 2 aromatic carbocycles. The maximum atomic E-state index is 14.1. The number of hydrogen-bond donors (Lipinski definition) is 2. The fraction of sp³-hybridized carbons (Fsp3) is 0.182. The third-order valence-corrected chi connectivity index (χ3v) is 5.08. The molecule has 0 bridgehead atoms. The number of H-pyrrole nitrogens is 1. The molecule has 154 valence electrons. The van der Waals surface area contributed by atoms with Crippen molar-refractivity contribution in [2.24, 2.45) is 0 Å². The summed E-state index contributed by atoms with van der Waals surface area (Å²) >= 11 is 0. The Morgan fingerprint density at radius 3 is 2.63 bits per heavy atom. The van der Waals surface area contributed by atoms with Crippen LogP contribution < -0.4 is 5.32 Å². The summed E-state index contributed by atoms with van der Waals surface area (Å²) < 4.78 is 42.4. The van der Waals surface area contributed by atoms with Crippen LogP contribution in [-0.2, 0) is 6.54 Å². The maximum Gasteiger partial charge on any atom is 0.151 e. The molecule has 30 heavy (non-hydrogen) atoms. The second kappa shape index (κ2) is 8.16. The minimum Gasteiger partial charge on any atom is -0.306 e. The molecule has 0 aliphatic carbocycles. The number of nitrogens with one attached hydrogen (secondary N) is 2. The molecule has 2 aromatic heterocycles. The molecule has 0 aliphatic rings. The monoisotopic (exact) mass is 411 g/mol. The van der Waals surface area contributed by atoms with Crippen molar-refractivity contribution >= 4 is 0 Å². The molecular weight excluding hydrogens is 391 g/mol. The highest BCUT2D eigenvalue weighted by molar-refractivity contribution is 5.62. The summed E-state index contributed by atoms with van der Waals surface area (Å²) in [7, 11) is 0. The average Bonchev–Trinajstić information content (AvgIpc) is 3.33. The summed E-state index contributed by atoms with van der Waals surface area (Å²) in [6, 6.07) is 9.61. The minimum atomic E-state index is -0.675. The lowest BCUT2D eigenvalue weighted by atomic mass is 10.1. The van der Waals surface area contributed by atoms with Gasteiger partial charge >= 0.3 is 0 Å². The lowest BCUT2D eigenvalue weighted by Crippen LogP contribution is -2.19. The van der Waals surface area contributed by atoms with Crippen molar-refractivity contribution in [2.45, 2.75) is 26.4 Å². The molecule has 0 spiro atoms. The van der Waals surface area contributed by atoms with Crippen LogP contribution in [0.15, 0.2) is 54.9 Å². The van der Waals surface area contributed by atoms with E-state index >= 15 is 0 Å². The number of halogens is 3. The molecule has 0 unspecified atom stereocenters. The summed E-state index contributed by atoms with van der Waals surface area (Å²) in [5.74, 6) is -1.62. The molecule has 0 aliphatic heterocycles. The van der Waals surface area contributed by atoms with E-state index in [1.54, 1.807) is 18.5 Å². The zero-order valence-corrected chi connectivity index (χ0v) is 16.5. The second-order valence-electron chi connectivity index (χ2n) is 7.08. The molecular formula is C22H20F3N5. The fourth-order valence-corrected chi connectivity index (χ4v) is 3.46. The second-order valence-corrected chi connectivity index (χ2v) is 7.08. The number of aromatic amines is 1. The van der Waals surface area contributed by atoms with Crippen LogP contribution in [0, 0.1) is 24.4 Å². The van der Waals surface area contributed by atoms with Crippen LogP contribution in [-0.4, -0.2) is 20.0 Å². The SMILES string of the molecule is Cc1c([C@@H](C)NCc2cn[nH]c2-c2cccc(F)c2)cnn1-c1ccc(F)cc1F. The summed E-state index contributed by atoms with van der Waals surface area (Å²) in [6.07, 6.45) is 3.36. The van der Waals surface area contributed by atoms with E-state index in [4.69, 9.17) is 0 Å². The third kappa shape index (κ3) is 3.86. The fourth-order valence-electron chi connectivity index (χ4n) is 3.46. The van der Waals surface area contributed by atoms with Crippen molar-refractivity contribution in [3.63, 3.8) is 0 Å². The van der Waals surface area contributed by atoms with E-state index in [2.05, 4.69) is 20.6 Å². The highest BCUT2D eigenvalue weighted by Gasteiger charge is 2.17. The summed E-state index contributed by atoms with van der Waals surface area (Å²) in [5.41, 5.74) is 4.17. The maximum absolute atomic E-state index is 14.1. The van der Waals surface area contributed by atoms with Crippen molar-refractivity contribution < 1.29 is 13.2 Å². The van der Waals surface area contributed by atoms with E-state index in [9.17, 15) is 13.2 Å². The first kappa shape index (κ1) is 19.9. The highest BCUT2D eigenvalue weighted by Crippen LogP contribution is 2.25. The van der Waals surface area contributed by atoms with Crippen molar-refractivity contribution in [2.75, 3.05) is 0 Å². The average molecular weight is 411 g/mol. The van der Waals surface area contributed by atoms with Gasteiger partial charge in [0.2, 0.25) is 0 Å². The first-order chi connectivity index (χ1) is 14.4. The Balaban J connectivity index is 1.52. The highest BCUT2D eigenvalue weighted by atomic mass is 19.1. The Labute approximate surface area is 171 Å². The Bertz CT molecular complexity index is 1180. The smallest absolute Gasteiger partial charge is 0.151 e. The molecule has 2 heterocycles. The van der Waals surface area contributed by atoms with E-state index in [-0.39, 0.29) is 17.5 Å². The van der Waals surface area contributed by atoms with Gasteiger partial charge in [-0.2, -0.15) is 10.2 Å². The van der Waals surface area contributed by atoms with E-state index in [0.717, 1.165) is 28.6 Å². The van der Waals surface area contributed by atoms with E-state index in [0.29, 0.717) is 12.1 Å². The predicted molar refractivity (Wildman–Crippen MR) is 107 cm³/mol. The first-order valence-corrected chi connectivity index (χ1v) is 9.45. The number of rotatable bonds is 6. The molecule has 0 fully saturated rings. The number of aromatic nitrogens is 4. The van der Waals surface area contributed by atoms with Crippen molar-refractivity contribution in [1.29, 1.82) is 0 Å². The van der Waals surface area contributed by atoms with Crippen molar-refractivity contribution in [3.05, 3.63) is 89.1 Å². The van der Waals surface area contributed by atoms with E-state index < -0.39 is 11.6 Å². The van der Waals surface area contributed by atoms with Gasteiger partial charge in [-0.3, -0.25) is 5.10 Å². The van der Waals surface area contributed by atoms with Gasteiger partial charge in [0.25, 0.3) is 0 Å². The minimum absolute atomic E-state index is 0.0995. The molecule has 0 radical (unpaired) electrons. The van der Waals surface area contributed by atoms with Crippen LogP contribution in [0.1, 0.15) is 29.8 Å².